The number of rotatable bonds is 2. The van der Waals surface area contributed by atoms with Gasteiger partial charge in [0.25, 0.3) is 5.91 Å². The number of hydroxylamine groups is 1. The Labute approximate surface area is 99.8 Å². The predicted molar refractivity (Wildman–Crippen MR) is 62.1 cm³/mol. The summed E-state index contributed by atoms with van der Waals surface area (Å²) in [7, 11) is 0. The van der Waals surface area contributed by atoms with E-state index in [2.05, 4.69) is 0 Å². The van der Waals surface area contributed by atoms with E-state index in [0.717, 1.165) is 24.8 Å². The van der Waals surface area contributed by atoms with Gasteiger partial charge in [-0.15, -0.1) is 0 Å². The normalized spacial score (nSPS) is 21.9. The third-order valence-corrected chi connectivity index (χ3v) is 3.63. The Morgan fingerprint density at radius 1 is 1.35 bits per heavy atom. The third-order valence-electron chi connectivity index (χ3n) is 3.63. The molecule has 1 aromatic carbocycles. The molecule has 0 radical (unpaired) electrons. The molecule has 1 heterocycles. The smallest absolute Gasteiger partial charge is 0.253 e. The van der Waals surface area contributed by atoms with E-state index >= 15 is 0 Å². The second kappa shape index (κ2) is 3.82. The van der Waals surface area contributed by atoms with Crippen LogP contribution >= 0.6 is 0 Å². The van der Waals surface area contributed by atoms with Crippen molar-refractivity contribution >= 4 is 11.6 Å². The maximum Gasteiger partial charge on any atom is 0.253 e. The number of benzene rings is 1. The molecule has 4 nitrogen and oxygen atoms in total. The fourth-order valence-corrected chi connectivity index (χ4v) is 2.49. The van der Waals surface area contributed by atoms with Crippen LogP contribution in [0.2, 0.25) is 0 Å². The first-order valence-electron chi connectivity index (χ1n) is 5.95. The molecule has 2 aliphatic rings. The van der Waals surface area contributed by atoms with Gasteiger partial charge in [-0.05, 0) is 25.3 Å². The van der Waals surface area contributed by atoms with Crippen molar-refractivity contribution in [3.63, 3.8) is 0 Å². The Bertz CT molecular complexity index is 454. The Hall–Kier alpha value is -1.39. The number of aliphatic hydroxyl groups excluding tert-OH is 1. The van der Waals surface area contributed by atoms with Gasteiger partial charge in [0, 0.05) is 5.56 Å². The number of para-hydroxylation sites is 1. The van der Waals surface area contributed by atoms with Gasteiger partial charge in [-0.1, -0.05) is 18.2 Å². The zero-order valence-corrected chi connectivity index (χ0v) is 9.56. The van der Waals surface area contributed by atoms with Gasteiger partial charge in [0.1, 0.15) is 5.60 Å². The lowest BCUT2D eigenvalue weighted by atomic mass is 9.78. The maximum atomic E-state index is 12.0. The first-order chi connectivity index (χ1) is 8.24. The predicted octanol–water partition coefficient (Wildman–Crippen LogP) is 1.77. The molecule has 1 N–H and O–H groups in total. The van der Waals surface area contributed by atoms with E-state index < -0.39 is 0 Å². The molecule has 3 rings (SSSR count). The zero-order chi connectivity index (χ0) is 11.9. The molecule has 1 saturated carbocycles. The quantitative estimate of drug-likeness (QED) is 0.847. The molecule has 90 valence electrons. The Morgan fingerprint density at radius 2 is 2.12 bits per heavy atom. The molecule has 1 amide bonds. The Morgan fingerprint density at radius 3 is 2.71 bits per heavy atom. The number of hydrogen-bond donors (Lipinski definition) is 1. The Balaban J connectivity index is 1.91. The summed E-state index contributed by atoms with van der Waals surface area (Å²) in [6.07, 6.45) is 3.50. The number of hydrogen-bond acceptors (Lipinski definition) is 3. The molecule has 1 spiro atoms. The van der Waals surface area contributed by atoms with E-state index in [1.165, 1.54) is 5.06 Å². The first-order valence-corrected chi connectivity index (χ1v) is 5.95. The van der Waals surface area contributed by atoms with Crippen molar-refractivity contribution in [1.82, 2.24) is 0 Å². The number of amides is 1. The van der Waals surface area contributed by atoms with E-state index in [9.17, 15) is 9.90 Å². The van der Waals surface area contributed by atoms with Crippen LogP contribution in [-0.2, 0) is 16.2 Å². The highest BCUT2D eigenvalue weighted by Gasteiger charge is 2.49. The number of carbonyl (C=O) groups is 1. The molecular weight excluding hydrogens is 218 g/mol. The summed E-state index contributed by atoms with van der Waals surface area (Å²) in [6, 6.07) is 7.30. The minimum absolute atomic E-state index is 0.00870. The van der Waals surface area contributed by atoms with Gasteiger partial charge >= 0.3 is 0 Å². The molecule has 4 heteroatoms. The van der Waals surface area contributed by atoms with Gasteiger partial charge in [0.15, 0.2) is 0 Å². The summed E-state index contributed by atoms with van der Waals surface area (Å²) >= 11 is 0. The molecule has 1 aliphatic heterocycles. The topological polar surface area (TPSA) is 49.8 Å². The van der Waals surface area contributed by atoms with Gasteiger partial charge < -0.3 is 5.11 Å². The van der Waals surface area contributed by atoms with Crippen molar-refractivity contribution in [3.05, 3.63) is 29.8 Å². The molecule has 1 saturated heterocycles. The lowest BCUT2D eigenvalue weighted by Gasteiger charge is -2.36. The van der Waals surface area contributed by atoms with Crippen molar-refractivity contribution < 1.29 is 14.7 Å². The summed E-state index contributed by atoms with van der Waals surface area (Å²) in [5, 5.41) is 10.6. The first kappa shape index (κ1) is 10.7. The monoisotopic (exact) mass is 233 g/mol. The molecule has 0 bridgehead atoms. The molecule has 17 heavy (non-hydrogen) atoms. The number of carbonyl (C=O) groups excluding carboxylic acids is 1. The van der Waals surface area contributed by atoms with Crippen molar-refractivity contribution in [1.29, 1.82) is 0 Å². The highest BCUT2D eigenvalue weighted by atomic mass is 16.7. The summed E-state index contributed by atoms with van der Waals surface area (Å²) in [5.41, 5.74) is 1.14. The molecule has 0 unspecified atom stereocenters. The second-order valence-electron chi connectivity index (χ2n) is 4.78. The van der Waals surface area contributed by atoms with Crippen molar-refractivity contribution in [2.45, 2.75) is 37.9 Å². The van der Waals surface area contributed by atoms with Crippen LogP contribution in [0.3, 0.4) is 0 Å². The summed E-state index contributed by atoms with van der Waals surface area (Å²) in [5.74, 6) is -0.00870. The van der Waals surface area contributed by atoms with E-state index in [4.69, 9.17) is 4.84 Å². The zero-order valence-electron chi connectivity index (χ0n) is 9.56. The average Bonchev–Trinajstić information content (AvgIpc) is 2.67. The number of aliphatic hydroxyl groups is 1. The summed E-state index contributed by atoms with van der Waals surface area (Å²) < 4.78 is 0. The van der Waals surface area contributed by atoms with Gasteiger partial charge in [-0.2, -0.15) is 5.06 Å². The lowest BCUT2D eigenvalue weighted by Crippen LogP contribution is -2.38. The lowest BCUT2D eigenvalue weighted by molar-refractivity contribution is -0.120. The fraction of sp³-hybridized carbons (Fsp3) is 0.462. The van der Waals surface area contributed by atoms with Crippen LogP contribution < -0.4 is 5.06 Å². The number of anilines is 1. The van der Waals surface area contributed by atoms with E-state index in [1.54, 1.807) is 12.1 Å². The van der Waals surface area contributed by atoms with Gasteiger partial charge in [-0.3, -0.25) is 9.63 Å². The van der Waals surface area contributed by atoms with Crippen molar-refractivity contribution in [2.75, 3.05) is 5.06 Å². The minimum Gasteiger partial charge on any atom is -0.392 e. The molecule has 1 aliphatic carbocycles. The molecule has 2 fully saturated rings. The largest absolute Gasteiger partial charge is 0.392 e. The van der Waals surface area contributed by atoms with Crippen LogP contribution in [0.25, 0.3) is 0 Å². The highest BCUT2D eigenvalue weighted by molar-refractivity contribution is 5.94. The SMILES string of the molecule is O=C1CC2(CCC2)ON1c1ccccc1CO. The van der Waals surface area contributed by atoms with Gasteiger partial charge in [-0.25, -0.2) is 0 Å². The fourth-order valence-electron chi connectivity index (χ4n) is 2.49. The van der Waals surface area contributed by atoms with E-state index in [1.807, 2.05) is 12.1 Å². The summed E-state index contributed by atoms with van der Waals surface area (Å²) in [4.78, 5) is 17.8. The van der Waals surface area contributed by atoms with Crippen LogP contribution in [-0.4, -0.2) is 16.6 Å². The number of nitrogens with zero attached hydrogens (tertiary/aromatic N) is 1. The Kier molecular flexibility index (Phi) is 2.42. The molecule has 0 aromatic heterocycles. The molecule has 1 aromatic rings. The average molecular weight is 233 g/mol. The van der Waals surface area contributed by atoms with Crippen LogP contribution in [0, 0.1) is 0 Å². The van der Waals surface area contributed by atoms with Crippen molar-refractivity contribution in [2.24, 2.45) is 0 Å². The van der Waals surface area contributed by atoms with E-state index in [-0.39, 0.29) is 18.1 Å². The van der Waals surface area contributed by atoms with E-state index in [0.29, 0.717) is 12.1 Å². The maximum absolute atomic E-state index is 12.0. The summed E-state index contributed by atoms with van der Waals surface area (Å²) in [6.45, 7) is -0.0870. The van der Waals surface area contributed by atoms with Crippen molar-refractivity contribution in [3.8, 4) is 0 Å². The minimum atomic E-state index is -0.250. The standard InChI is InChI=1S/C13H15NO3/c15-9-10-4-1-2-5-11(10)14-12(16)8-13(17-14)6-3-7-13/h1-2,4-5,15H,3,6-9H2. The third kappa shape index (κ3) is 1.64. The molecular formula is C13H15NO3. The van der Waals surface area contributed by atoms with Crippen LogP contribution in [0.15, 0.2) is 24.3 Å². The van der Waals surface area contributed by atoms with Crippen LogP contribution in [0.1, 0.15) is 31.2 Å². The second-order valence-corrected chi connectivity index (χ2v) is 4.78. The molecule has 0 atom stereocenters. The van der Waals surface area contributed by atoms with Gasteiger partial charge in [0.2, 0.25) is 0 Å². The van der Waals surface area contributed by atoms with Crippen LogP contribution in [0.4, 0.5) is 5.69 Å². The van der Waals surface area contributed by atoms with Crippen LogP contribution in [0.5, 0.6) is 0 Å². The van der Waals surface area contributed by atoms with Gasteiger partial charge in [0.05, 0.1) is 18.7 Å². The highest BCUT2D eigenvalue weighted by Crippen LogP contribution is 2.45.